The minimum absolute atomic E-state index is 0. The fourth-order valence-electron chi connectivity index (χ4n) is 5.76. The maximum Gasteiger partial charge on any atom is 0.276 e. The summed E-state index contributed by atoms with van der Waals surface area (Å²) in [6.45, 7) is 9.23. The van der Waals surface area contributed by atoms with E-state index in [2.05, 4.69) is 25.8 Å². The number of fused-ring (bicyclic) bond motifs is 2. The Balaban J connectivity index is 0.00000486. The number of aromatic nitrogens is 8. The average Bonchev–Trinajstić information content (AvgIpc) is 3.85. The Morgan fingerprint density at radius 2 is 1.36 bits per heavy atom. The Hall–Kier alpha value is -6.25. The van der Waals surface area contributed by atoms with Gasteiger partial charge in [-0.2, -0.15) is 10.2 Å². The van der Waals surface area contributed by atoms with Gasteiger partial charge >= 0.3 is 0 Å². The first kappa shape index (κ1) is 35.1. The van der Waals surface area contributed by atoms with Crippen molar-refractivity contribution in [1.29, 1.82) is 0 Å². The van der Waals surface area contributed by atoms with Crippen LogP contribution in [-0.2, 0) is 26.2 Å². The van der Waals surface area contributed by atoms with Crippen molar-refractivity contribution in [3.05, 3.63) is 89.0 Å². The first-order chi connectivity index (χ1) is 23.6. The third-order valence-corrected chi connectivity index (χ3v) is 8.06. The normalized spacial score (nSPS) is 11.3. The van der Waals surface area contributed by atoms with Crippen LogP contribution in [0.15, 0.2) is 60.7 Å². The highest BCUT2D eigenvalue weighted by atomic mass is 16.5. The van der Waals surface area contributed by atoms with E-state index in [0.717, 1.165) is 16.9 Å². The van der Waals surface area contributed by atoms with E-state index in [1.807, 2.05) is 67.2 Å². The molecule has 0 saturated heterocycles. The van der Waals surface area contributed by atoms with Gasteiger partial charge in [0.05, 0.1) is 35.0 Å². The SMILES string of the molecule is C.CCn1nc(C)cc1C(=O)Nc1nc2cc(C(N)=O)ccc2n1C/C=C/Cn1c(NC(=O)c2cc(C)nn2CC)nc2c(OC)cccc21. The van der Waals surface area contributed by atoms with Crippen molar-refractivity contribution in [3.8, 4) is 5.75 Å². The highest BCUT2D eigenvalue weighted by Gasteiger charge is 2.21. The fourth-order valence-corrected chi connectivity index (χ4v) is 5.76. The van der Waals surface area contributed by atoms with Crippen molar-refractivity contribution in [2.75, 3.05) is 17.7 Å². The maximum atomic E-state index is 13.4. The van der Waals surface area contributed by atoms with Crippen LogP contribution in [0.2, 0.25) is 0 Å². The number of anilines is 2. The van der Waals surface area contributed by atoms with E-state index in [1.165, 1.54) is 0 Å². The molecular weight excluding hydrogens is 638 g/mol. The molecule has 0 aliphatic heterocycles. The fraction of sp³-hybridized carbons (Fsp3) is 0.286. The van der Waals surface area contributed by atoms with Gasteiger partial charge in [0.15, 0.2) is 0 Å². The lowest BCUT2D eigenvalue weighted by atomic mass is 10.2. The topological polar surface area (TPSA) is 182 Å². The predicted octanol–water partition coefficient (Wildman–Crippen LogP) is 4.94. The number of nitrogens with one attached hydrogen (secondary N) is 2. The number of hydrogen-bond acceptors (Lipinski definition) is 8. The van der Waals surface area contributed by atoms with Crippen LogP contribution in [0.3, 0.4) is 0 Å². The predicted molar refractivity (Wildman–Crippen MR) is 192 cm³/mol. The zero-order valence-corrected chi connectivity index (χ0v) is 27.9. The molecule has 15 nitrogen and oxygen atoms in total. The third-order valence-electron chi connectivity index (χ3n) is 8.06. The largest absolute Gasteiger partial charge is 0.494 e. The molecule has 4 N–H and O–H groups in total. The van der Waals surface area contributed by atoms with Crippen molar-refractivity contribution in [3.63, 3.8) is 0 Å². The van der Waals surface area contributed by atoms with Crippen LogP contribution in [-0.4, -0.2) is 63.5 Å². The van der Waals surface area contributed by atoms with Crippen molar-refractivity contribution < 1.29 is 19.1 Å². The summed E-state index contributed by atoms with van der Waals surface area (Å²) in [5.41, 5.74) is 10.7. The third kappa shape index (κ3) is 6.70. The van der Waals surface area contributed by atoms with Crippen molar-refractivity contribution in [1.82, 2.24) is 38.7 Å². The molecule has 4 heterocycles. The van der Waals surface area contributed by atoms with Crippen LogP contribution in [0.1, 0.15) is 64.0 Å². The summed E-state index contributed by atoms with van der Waals surface area (Å²) >= 11 is 0. The highest BCUT2D eigenvalue weighted by Crippen LogP contribution is 2.29. The molecule has 260 valence electrons. The molecule has 0 saturated carbocycles. The van der Waals surface area contributed by atoms with E-state index >= 15 is 0 Å². The minimum Gasteiger partial charge on any atom is -0.494 e. The van der Waals surface area contributed by atoms with Crippen LogP contribution in [0.25, 0.3) is 22.1 Å². The average molecular weight is 680 g/mol. The first-order valence-corrected chi connectivity index (χ1v) is 15.8. The molecule has 2 aromatic carbocycles. The molecule has 4 aromatic heterocycles. The quantitative estimate of drug-likeness (QED) is 0.152. The zero-order valence-electron chi connectivity index (χ0n) is 27.9. The summed E-state index contributed by atoms with van der Waals surface area (Å²) in [6, 6.07) is 14.0. The Morgan fingerprint density at radius 1 is 0.800 bits per heavy atom. The van der Waals surface area contributed by atoms with Crippen LogP contribution in [0.4, 0.5) is 11.9 Å². The standard InChI is InChI=1S/C34H37N11O4.CH4/c1-6-44-26(17-20(3)40-44)31(47)38-33-36-23-19-22(30(35)46)13-14-24(23)42(33)15-8-9-16-43-25-11-10-12-28(49-5)29(25)37-34(43)39-32(48)27-18-21(4)41-45(27)7-2;/h8-14,17-19H,6-7,15-16H2,1-5H3,(H2,35,46)(H,36,38,47)(H,37,39,48);1H4/b9-8+;. The lowest BCUT2D eigenvalue weighted by Gasteiger charge is -2.10. The minimum atomic E-state index is -0.578. The number of para-hydroxylation sites is 1. The second-order valence-corrected chi connectivity index (χ2v) is 11.3. The van der Waals surface area contributed by atoms with E-state index in [1.54, 1.807) is 46.8 Å². The van der Waals surface area contributed by atoms with E-state index in [4.69, 9.17) is 15.5 Å². The van der Waals surface area contributed by atoms with Gasteiger partial charge in [0.2, 0.25) is 17.8 Å². The van der Waals surface area contributed by atoms with Gasteiger partial charge in [-0.15, -0.1) is 0 Å². The molecule has 0 radical (unpaired) electrons. The van der Waals surface area contributed by atoms with Crippen molar-refractivity contribution in [2.24, 2.45) is 5.73 Å². The number of nitrogens with two attached hydrogens (primary N) is 1. The molecule has 0 aliphatic carbocycles. The molecule has 15 heteroatoms. The number of ether oxygens (including phenoxy) is 1. The number of aryl methyl sites for hydroxylation is 4. The van der Waals surface area contributed by atoms with Gasteiger partial charge in [-0.3, -0.25) is 34.4 Å². The Kier molecular flexibility index (Phi) is 10.2. The number of primary amides is 1. The van der Waals surface area contributed by atoms with E-state index in [-0.39, 0.29) is 19.2 Å². The number of methoxy groups -OCH3 is 1. The molecule has 6 aromatic rings. The molecule has 6 rings (SSSR count). The molecule has 50 heavy (non-hydrogen) atoms. The molecule has 3 amide bonds. The van der Waals surface area contributed by atoms with Gasteiger partial charge in [-0.05, 0) is 70.2 Å². The number of benzene rings is 2. The monoisotopic (exact) mass is 679 g/mol. The molecule has 0 fully saturated rings. The summed E-state index contributed by atoms with van der Waals surface area (Å²) in [4.78, 5) is 48.0. The van der Waals surface area contributed by atoms with Crippen LogP contribution in [0.5, 0.6) is 5.75 Å². The lowest BCUT2D eigenvalue weighted by Crippen LogP contribution is -2.20. The summed E-state index contributed by atoms with van der Waals surface area (Å²) in [7, 11) is 1.57. The van der Waals surface area contributed by atoms with Crippen LogP contribution >= 0.6 is 0 Å². The van der Waals surface area contributed by atoms with Crippen LogP contribution < -0.4 is 21.1 Å². The van der Waals surface area contributed by atoms with Crippen molar-refractivity contribution >= 4 is 51.7 Å². The molecule has 0 bridgehead atoms. The van der Waals surface area contributed by atoms with Crippen LogP contribution in [0, 0.1) is 13.8 Å². The van der Waals surface area contributed by atoms with E-state index in [9.17, 15) is 14.4 Å². The molecular formula is C35H41N11O4. The van der Waals surface area contributed by atoms with E-state index in [0.29, 0.717) is 77.3 Å². The van der Waals surface area contributed by atoms with Gasteiger partial charge in [-0.1, -0.05) is 25.6 Å². The maximum absolute atomic E-state index is 13.4. The molecule has 0 atom stereocenters. The van der Waals surface area contributed by atoms with Gasteiger partial charge in [-0.25, -0.2) is 9.97 Å². The lowest BCUT2D eigenvalue weighted by molar-refractivity contribution is 0.0995. The zero-order chi connectivity index (χ0) is 34.8. The van der Waals surface area contributed by atoms with Gasteiger partial charge < -0.3 is 19.6 Å². The van der Waals surface area contributed by atoms with Crippen molar-refractivity contribution in [2.45, 2.75) is 61.3 Å². The molecule has 0 unspecified atom stereocenters. The number of allylic oxidation sites excluding steroid dienone is 2. The second kappa shape index (κ2) is 14.5. The Bertz CT molecular complexity index is 2250. The number of carbonyl (C=O) groups excluding carboxylic acids is 3. The number of imidazole rings is 2. The molecule has 0 spiro atoms. The summed E-state index contributed by atoms with van der Waals surface area (Å²) in [6.07, 6.45) is 3.85. The van der Waals surface area contributed by atoms with E-state index < -0.39 is 5.91 Å². The second-order valence-electron chi connectivity index (χ2n) is 11.3. The molecule has 0 aliphatic rings. The number of amides is 3. The smallest absolute Gasteiger partial charge is 0.276 e. The van der Waals surface area contributed by atoms with Gasteiger partial charge in [0, 0.05) is 31.7 Å². The number of carbonyl (C=O) groups is 3. The highest BCUT2D eigenvalue weighted by molar-refractivity contribution is 6.04. The summed E-state index contributed by atoms with van der Waals surface area (Å²) < 4.78 is 12.5. The van der Waals surface area contributed by atoms with Gasteiger partial charge in [0.25, 0.3) is 11.8 Å². The first-order valence-electron chi connectivity index (χ1n) is 15.8. The number of hydrogen-bond donors (Lipinski definition) is 3. The summed E-state index contributed by atoms with van der Waals surface area (Å²) in [5.74, 6) is -0.0602. The number of nitrogens with zero attached hydrogens (tertiary/aromatic N) is 8. The Morgan fingerprint density at radius 3 is 1.90 bits per heavy atom. The van der Waals surface area contributed by atoms with Gasteiger partial charge in [0.1, 0.15) is 22.7 Å². The summed E-state index contributed by atoms with van der Waals surface area (Å²) in [5, 5.41) is 14.7. The Labute approximate surface area is 288 Å². The number of rotatable bonds is 12.